The summed E-state index contributed by atoms with van der Waals surface area (Å²) in [6.07, 6.45) is 3.87. The fraction of sp³-hybridized carbons (Fsp3) is 0.533. The topological polar surface area (TPSA) is 58.6 Å². The van der Waals surface area contributed by atoms with Crippen LogP contribution in [-0.2, 0) is 4.79 Å². The molecule has 1 aliphatic rings. The first-order valence-corrected chi connectivity index (χ1v) is 6.86. The molecule has 4 nitrogen and oxygen atoms in total. The van der Waals surface area contributed by atoms with Crippen molar-refractivity contribution in [1.82, 2.24) is 5.32 Å². The number of benzene rings is 1. The Balaban J connectivity index is 1.67. The number of aliphatic hydroxyl groups excluding tert-OH is 1. The van der Waals surface area contributed by atoms with Gasteiger partial charge in [0.25, 0.3) is 5.91 Å². The number of hydrogen-bond donors (Lipinski definition) is 2. The number of carbonyl (C=O) groups excluding carboxylic acids is 1. The standard InChI is InChI=1S/C15H21NO3/c17-10-12-6-8-13(9-7-12)16-15(18)11-19-14-4-2-1-3-5-14/h1-5,12-13,17H,6-11H2,(H,16,18). The second kappa shape index (κ2) is 7.14. The smallest absolute Gasteiger partial charge is 0.258 e. The average molecular weight is 263 g/mol. The molecule has 4 heteroatoms. The minimum absolute atomic E-state index is 0.0595. The van der Waals surface area contributed by atoms with E-state index in [1.54, 1.807) is 0 Å². The fourth-order valence-corrected chi connectivity index (χ4v) is 2.42. The van der Waals surface area contributed by atoms with Crippen LogP contribution >= 0.6 is 0 Å². The van der Waals surface area contributed by atoms with Gasteiger partial charge >= 0.3 is 0 Å². The maximum Gasteiger partial charge on any atom is 0.258 e. The third kappa shape index (κ3) is 4.56. The number of ether oxygens (including phenoxy) is 1. The number of aliphatic hydroxyl groups is 1. The lowest BCUT2D eigenvalue weighted by Gasteiger charge is -2.27. The summed E-state index contributed by atoms with van der Waals surface area (Å²) >= 11 is 0. The normalized spacial score (nSPS) is 22.8. The van der Waals surface area contributed by atoms with Gasteiger partial charge < -0.3 is 15.2 Å². The van der Waals surface area contributed by atoms with Gasteiger partial charge in [0.05, 0.1) is 0 Å². The lowest BCUT2D eigenvalue weighted by Crippen LogP contribution is -2.40. The molecule has 0 atom stereocenters. The maximum atomic E-state index is 11.8. The molecule has 0 aliphatic heterocycles. The molecule has 0 heterocycles. The molecule has 1 amide bonds. The molecular weight excluding hydrogens is 242 g/mol. The van der Waals surface area contributed by atoms with E-state index in [0.29, 0.717) is 11.7 Å². The summed E-state index contributed by atoms with van der Waals surface area (Å²) in [4.78, 5) is 11.8. The molecule has 1 aromatic carbocycles. The van der Waals surface area contributed by atoms with Crippen LogP contribution in [0.2, 0.25) is 0 Å². The highest BCUT2D eigenvalue weighted by Gasteiger charge is 2.21. The van der Waals surface area contributed by atoms with E-state index in [4.69, 9.17) is 9.84 Å². The van der Waals surface area contributed by atoms with Crippen molar-refractivity contribution in [1.29, 1.82) is 0 Å². The molecule has 1 aromatic rings. The molecule has 2 rings (SSSR count). The van der Waals surface area contributed by atoms with Gasteiger partial charge in [0, 0.05) is 12.6 Å². The monoisotopic (exact) mass is 263 g/mol. The molecular formula is C15H21NO3. The SMILES string of the molecule is O=C(COc1ccccc1)NC1CCC(CO)CC1. The van der Waals surface area contributed by atoms with Crippen molar-refractivity contribution >= 4 is 5.91 Å². The molecule has 0 aromatic heterocycles. The molecule has 0 bridgehead atoms. The molecule has 0 radical (unpaired) electrons. The van der Waals surface area contributed by atoms with E-state index in [-0.39, 0.29) is 25.2 Å². The van der Waals surface area contributed by atoms with E-state index in [2.05, 4.69) is 5.32 Å². The summed E-state index contributed by atoms with van der Waals surface area (Å²) in [6.45, 7) is 0.321. The first-order valence-electron chi connectivity index (χ1n) is 6.86. The van der Waals surface area contributed by atoms with Gasteiger partial charge in [0.15, 0.2) is 6.61 Å². The highest BCUT2D eigenvalue weighted by molar-refractivity contribution is 5.77. The Kier molecular flexibility index (Phi) is 5.21. The van der Waals surface area contributed by atoms with Gasteiger partial charge in [-0.15, -0.1) is 0 Å². The maximum absolute atomic E-state index is 11.8. The van der Waals surface area contributed by atoms with Crippen molar-refractivity contribution in [2.75, 3.05) is 13.2 Å². The lowest BCUT2D eigenvalue weighted by atomic mass is 9.86. The zero-order chi connectivity index (χ0) is 13.5. The average Bonchev–Trinajstić information content (AvgIpc) is 2.47. The number of hydrogen-bond acceptors (Lipinski definition) is 3. The quantitative estimate of drug-likeness (QED) is 0.850. The number of rotatable bonds is 5. The molecule has 0 unspecified atom stereocenters. The molecule has 0 saturated heterocycles. The van der Waals surface area contributed by atoms with Gasteiger partial charge in [-0.25, -0.2) is 0 Å². The predicted octanol–water partition coefficient (Wildman–Crippen LogP) is 1.73. The van der Waals surface area contributed by atoms with Gasteiger partial charge in [0.1, 0.15) is 5.75 Å². The lowest BCUT2D eigenvalue weighted by molar-refractivity contribution is -0.124. The van der Waals surface area contributed by atoms with E-state index in [9.17, 15) is 4.79 Å². The summed E-state index contributed by atoms with van der Waals surface area (Å²) in [6, 6.07) is 9.56. The molecule has 0 spiro atoms. The van der Waals surface area contributed by atoms with Crippen LogP contribution in [0.5, 0.6) is 5.75 Å². The minimum Gasteiger partial charge on any atom is -0.484 e. The van der Waals surface area contributed by atoms with Crippen molar-refractivity contribution in [3.05, 3.63) is 30.3 Å². The second-order valence-electron chi connectivity index (χ2n) is 5.07. The van der Waals surface area contributed by atoms with Crippen LogP contribution in [-0.4, -0.2) is 30.3 Å². The first-order chi connectivity index (χ1) is 9.28. The summed E-state index contributed by atoms with van der Waals surface area (Å²) < 4.78 is 5.40. The third-order valence-electron chi connectivity index (χ3n) is 3.58. The Morgan fingerprint density at radius 2 is 1.89 bits per heavy atom. The van der Waals surface area contributed by atoms with Gasteiger partial charge in [-0.3, -0.25) is 4.79 Å². The number of carbonyl (C=O) groups is 1. The zero-order valence-corrected chi connectivity index (χ0v) is 11.0. The van der Waals surface area contributed by atoms with Gasteiger partial charge in [-0.05, 0) is 43.7 Å². The summed E-state index contributed by atoms with van der Waals surface area (Å²) in [5, 5.41) is 12.1. The van der Waals surface area contributed by atoms with E-state index in [1.165, 1.54) is 0 Å². The highest BCUT2D eigenvalue weighted by Crippen LogP contribution is 2.23. The highest BCUT2D eigenvalue weighted by atomic mass is 16.5. The molecule has 1 saturated carbocycles. The Morgan fingerprint density at radius 1 is 1.21 bits per heavy atom. The van der Waals surface area contributed by atoms with E-state index in [0.717, 1.165) is 25.7 Å². The number of nitrogens with one attached hydrogen (secondary N) is 1. The van der Waals surface area contributed by atoms with Crippen molar-refractivity contribution in [3.63, 3.8) is 0 Å². The minimum atomic E-state index is -0.0729. The van der Waals surface area contributed by atoms with E-state index in [1.807, 2.05) is 30.3 Å². The van der Waals surface area contributed by atoms with Gasteiger partial charge in [-0.2, -0.15) is 0 Å². The predicted molar refractivity (Wildman–Crippen MR) is 72.9 cm³/mol. The van der Waals surface area contributed by atoms with Crippen molar-refractivity contribution in [3.8, 4) is 5.75 Å². The fourth-order valence-electron chi connectivity index (χ4n) is 2.42. The van der Waals surface area contributed by atoms with Crippen molar-refractivity contribution in [2.24, 2.45) is 5.92 Å². The summed E-state index contributed by atoms with van der Waals surface area (Å²) in [5.41, 5.74) is 0. The third-order valence-corrected chi connectivity index (χ3v) is 3.58. The molecule has 1 fully saturated rings. The van der Waals surface area contributed by atoms with Crippen molar-refractivity contribution in [2.45, 2.75) is 31.7 Å². The van der Waals surface area contributed by atoms with Crippen LogP contribution in [0.4, 0.5) is 0 Å². The zero-order valence-electron chi connectivity index (χ0n) is 11.0. The van der Waals surface area contributed by atoms with E-state index < -0.39 is 0 Å². The Morgan fingerprint density at radius 3 is 2.53 bits per heavy atom. The van der Waals surface area contributed by atoms with Crippen LogP contribution in [0.25, 0.3) is 0 Å². The summed E-state index contributed by atoms with van der Waals surface area (Å²) in [7, 11) is 0. The molecule has 1 aliphatic carbocycles. The van der Waals surface area contributed by atoms with E-state index >= 15 is 0 Å². The first kappa shape index (κ1) is 13.9. The number of amides is 1. The van der Waals surface area contributed by atoms with Crippen LogP contribution in [0.3, 0.4) is 0 Å². The largest absolute Gasteiger partial charge is 0.484 e. The van der Waals surface area contributed by atoms with Crippen LogP contribution in [0.15, 0.2) is 30.3 Å². The molecule has 104 valence electrons. The Bertz CT molecular complexity index is 386. The van der Waals surface area contributed by atoms with Crippen LogP contribution in [0, 0.1) is 5.92 Å². The van der Waals surface area contributed by atoms with Crippen molar-refractivity contribution < 1.29 is 14.6 Å². The molecule has 19 heavy (non-hydrogen) atoms. The van der Waals surface area contributed by atoms with Gasteiger partial charge in [-0.1, -0.05) is 18.2 Å². The number of para-hydroxylation sites is 1. The molecule has 2 N–H and O–H groups in total. The Labute approximate surface area is 113 Å². The van der Waals surface area contributed by atoms with Crippen LogP contribution < -0.4 is 10.1 Å². The van der Waals surface area contributed by atoms with Gasteiger partial charge in [0.2, 0.25) is 0 Å². The van der Waals surface area contributed by atoms with Crippen LogP contribution in [0.1, 0.15) is 25.7 Å². The summed E-state index contributed by atoms with van der Waals surface area (Å²) in [5.74, 6) is 1.05. The second-order valence-corrected chi connectivity index (χ2v) is 5.07. The Hall–Kier alpha value is -1.55.